The molecule has 2 rings (SSSR count). The van der Waals surface area contributed by atoms with Gasteiger partial charge >= 0.3 is 5.97 Å². The largest absolute Gasteiger partial charge is 0.468 e. The average Bonchev–Trinajstić information content (AvgIpc) is 2.84. The summed E-state index contributed by atoms with van der Waals surface area (Å²) < 4.78 is 4.87. The van der Waals surface area contributed by atoms with Crippen molar-refractivity contribution in [3.63, 3.8) is 0 Å². The molecule has 0 radical (unpaired) electrons. The predicted octanol–water partition coefficient (Wildman–Crippen LogP) is 1.77. The van der Waals surface area contributed by atoms with Crippen LogP contribution in [0.1, 0.15) is 11.6 Å². The molecule has 0 amide bonds. The Morgan fingerprint density at radius 1 is 1.25 bits per heavy atom. The molecule has 0 saturated carbocycles. The van der Waals surface area contributed by atoms with E-state index < -0.39 is 0 Å². The number of benzene rings is 1. The number of rotatable bonds is 3. The summed E-state index contributed by atoms with van der Waals surface area (Å²) in [7, 11) is 1.43. The van der Waals surface area contributed by atoms with Crippen LogP contribution < -0.4 is 0 Å². The fourth-order valence-corrected chi connectivity index (χ4v) is 1.95. The Morgan fingerprint density at radius 2 is 1.88 bits per heavy atom. The third kappa shape index (κ3) is 2.14. The number of methoxy groups -OCH3 is 1. The van der Waals surface area contributed by atoms with Crippen LogP contribution in [0.5, 0.6) is 0 Å². The van der Waals surface area contributed by atoms with Gasteiger partial charge in [-0.3, -0.25) is 4.90 Å². The molecule has 84 valence electrons. The number of esters is 1. The molecule has 0 saturated heterocycles. The van der Waals surface area contributed by atoms with Gasteiger partial charge in [-0.1, -0.05) is 42.5 Å². The smallest absolute Gasteiger partial charge is 0.327 e. The molecule has 0 aromatic heterocycles. The van der Waals surface area contributed by atoms with Crippen LogP contribution in [-0.4, -0.2) is 31.1 Å². The van der Waals surface area contributed by atoms with Crippen LogP contribution in [0.25, 0.3) is 0 Å². The molecule has 0 bridgehead atoms. The lowest BCUT2D eigenvalue weighted by molar-refractivity contribution is -0.146. The standard InChI is InChI=1S/C13H15NO2/c1-16-13(15)12(14-9-5-6-10-14)11-7-3-2-4-8-11/h2-8,12H,9-10H2,1H3. The fourth-order valence-electron chi connectivity index (χ4n) is 1.95. The molecule has 0 N–H and O–H groups in total. The average molecular weight is 217 g/mol. The minimum atomic E-state index is -0.291. The summed E-state index contributed by atoms with van der Waals surface area (Å²) in [5, 5.41) is 0. The minimum Gasteiger partial charge on any atom is -0.468 e. The van der Waals surface area contributed by atoms with Crippen LogP contribution in [-0.2, 0) is 9.53 Å². The van der Waals surface area contributed by atoms with Crippen molar-refractivity contribution in [2.75, 3.05) is 20.2 Å². The highest BCUT2D eigenvalue weighted by Crippen LogP contribution is 2.23. The van der Waals surface area contributed by atoms with E-state index in [9.17, 15) is 4.79 Å². The Morgan fingerprint density at radius 3 is 2.44 bits per heavy atom. The van der Waals surface area contributed by atoms with E-state index in [0.717, 1.165) is 18.7 Å². The first-order valence-corrected chi connectivity index (χ1v) is 5.35. The molecule has 3 heteroatoms. The summed E-state index contributed by atoms with van der Waals surface area (Å²) in [5.74, 6) is -0.199. The zero-order chi connectivity index (χ0) is 11.4. The zero-order valence-corrected chi connectivity index (χ0v) is 9.30. The Balaban J connectivity index is 2.24. The third-order valence-corrected chi connectivity index (χ3v) is 2.75. The van der Waals surface area contributed by atoms with E-state index in [0.29, 0.717) is 0 Å². The van der Waals surface area contributed by atoms with E-state index in [-0.39, 0.29) is 12.0 Å². The quantitative estimate of drug-likeness (QED) is 0.571. The van der Waals surface area contributed by atoms with Gasteiger partial charge in [0.1, 0.15) is 6.04 Å². The molecule has 1 unspecified atom stereocenters. The SMILES string of the molecule is COC(=O)C(c1ccccc1)N1CC=CC1. The number of nitrogens with zero attached hydrogens (tertiary/aromatic N) is 1. The Labute approximate surface area is 95.3 Å². The summed E-state index contributed by atoms with van der Waals surface area (Å²) >= 11 is 0. The van der Waals surface area contributed by atoms with Gasteiger partial charge in [-0.2, -0.15) is 0 Å². The zero-order valence-electron chi connectivity index (χ0n) is 9.30. The molecule has 1 aromatic rings. The van der Waals surface area contributed by atoms with Gasteiger partial charge in [0.2, 0.25) is 0 Å². The number of carbonyl (C=O) groups excluding carboxylic acids is 1. The lowest BCUT2D eigenvalue weighted by Crippen LogP contribution is -2.33. The molecule has 1 atom stereocenters. The van der Waals surface area contributed by atoms with Crippen LogP contribution in [0.15, 0.2) is 42.5 Å². The van der Waals surface area contributed by atoms with E-state index in [1.807, 2.05) is 30.3 Å². The highest BCUT2D eigenvalue weighted by atomic mass is 16.5. The molecule has 1 aliphatic heterocycles. The minimum absolute atomic E-state index is 0.199. The van der Waals surface area contributed by atoms with Crippen LogP contribution in [0.4, 0.5) is 0 Å². The Hall–Kier alpha value is -1.61. The van der Waals surface area contributed by atoms with Crippen molar-refractivity contribution in [1.29, 1.82) is 0 Å². The lowest BCUT2D eigenvalue weighted by Gasteiger charge is -2.25. The Kier molecular flexibility index (Phi) is 3.37. The van der Waals surface area contributed by atoms with Gasteiger partial charge in [-0.05, 0) is 5.56 Å². The maximum atomic E-state index is 11.8. The summed E-state index contributed by atoms with van der Waals surface area (Å²) in [5.41, 5.74) is 0.984. The summed E-state index contributed by atoms with van der Waals surface area (Å²) in [6, 6.07) is 9.45. The van der Waals surface area contributed by atoms with E-state index in [1.54, 1.807) is 0 Å². The van der Waals surface area contributed by atoms with Gasteiger partial charge in [-0.25, -0.2) is 4.79 Å². The normalized spacial score (nSPS) is 17.3. The van der Waals surface area contributed by atoms with Gasteiger partial charge in [0.05, 0.1) is 7.11 Å². The molecule has 1 aliphatic rings. The summed E-state index contributed by atoms with van der Waals surface area (Å²) in [4.78, 5) is 13.9. The lowest BCUT2D eigenvalue weighted by atomic mass is 10.1. The van der Waals surface area contributed by atoms with Crippen molar-refractivity contribution in [1.82, 2.24) is 4.90 Å². The monoisotopic (exact) mass is 217 g/mol. The number of hydrogen-bond acceptors (Lipinski definition) is 3. The second kappa shape index (κ2) is 4.94. The molecular weight excluding hydrogens is 202 g/mol. The summed E-state index contributed by atoms with van der Waals surface area (Å²) in [6.07, 6.45) is 4.14. The van der Waals surface area contributed by atoms with Crippen molar-refractivity contribution in [2.45, 2.75) is 6.04 Å². The molecule has 3 nitrogen and oxygen atoms in total. The maximum absolute atomic E-state index is 11.8. The van der Waals surface area contributed by atoms with E-state index >= 15 is 0 Å². The predicted molar refractivity (Wildman–Crippen MR) is 61.9 cm³/mol. The summed E-state index contributed by atoms with van der Waals surface area (Å²) in [6.45, 7) is 1.60. The molecule has 0 fully saturated rings. The molecule has 0 spiro atoms. The number of ether oxygens (including phenoxy) is 1. The van der Waals surface area contributed by atoms with E-state index in [2.05, 4.69) is 17.1 Å². The molecule has 0 aliphatic carbocycles. The second-order valence-corrected chi connectivity index (χ2v) is 3.76. The van der Waals surface area contributed by atoms with Gasteiger partial charge in [0.25, 0.3) is 0 Å². The van der Waals surface area contributed by atoms with Crippen molar-refractivity contribution in [2.24, 2.45) is 0 Å². The van der Waals surface area contributed by atoms with E-state index in [4.69, 9.17) is 4.74 Å². The van der Waals surface area contributed by atoms with Gasteiger partial charge in [-0.15, -0.1) is 0 Å². The Bertz CT molecular complexity index is 378. The van der Waals surface area contributed by atoms with Crippen LogP contribution in [0.2, 0.25) is 0 Å². The highest BCUT2D eigenvalue weighted by Gasteiger charge is 2.28. The van der Waals surface area contributed by atoms with Gasteiger partial charge in [0, 0.05) is 13.1 Å². The van der Waals surface area contributed by atoms with Crippen molar-refractivity contribution < 1.29 is 9.53 Å². The van der Waals surface area contributed by atoms with Crippen molar-refractivity contribution >= 4 is 5.97 Å². The third-order valence-electron chi connectivity index (χ3n) is 2.75. The maximum Gasteiger partial charge on any atom is 0.327 e. The first-order valence-electron chi connectivity index (χ1n) is 5.35. The number of carbonyl (C=O) groups is 1. The van der Waals surface area contributed by atoms with Gasteiger partial charge in [0.15, 0.2) is 0 Å². The van der Waals surface area contributed by atoms with Crippen LogP contribution in [0, 0.1) is 0 Å². The topological polar surface area (TPSA) is 29.5 Å². The van der Waals surface area contributed by atoms with Crippen LogP contribution in [0.3, 0.4) is 0 Å². The van der Waals surface area contributed by atoms with Crippen LogP contribution >= 0.6 is 0 Å². The molecule has 16 heavy (non-hydrogen) atoms. The highest BCUT2D eigenvalue weighted by molar-refractivity contribution is 5.77. The van der Waals surface area contributed by atoms with Crippen molar-refractivity contribution in [3.8, 4) is 0 Å². The van der Waals surface area contributed by atoms with Gasteiger partial charge < -0.3 is 4.74 Å². The second-order valence-electron chi connectivity index (χ2n) is 3.76. The molecular formula is C13H15NO2. The fraction of sp³-hybridized carbons (Fsp3) is 0.308. The molecule has 1 heterocycles. The number of hydrogen-bond donors (Lipinski definition) is 0. The van der Waals surface area contributed by atoms with E-state index in [1.165, 1.54) is 7.11 Å². The first kappa shape index (κ1) is 10.9. The van der Waals surface area contributed by atoms with Crippen molar-refractivity contribution in [3.05, 3.63) is 48.0 Å². The molecule has 1 aromatic carbocycles. The first-order chi connectivity index (χ1) is 7.83.